The van der Waals surface area contributed by atoms with Crippen LogP contribution in [0.25, 0.3) is 11.3 Å². The van der Waals surface area contributed by atoms with E-state index in [4.69, 9.17) is 14.2 Å². The van der Waals surface area contributed by atoms with E-state index in [0.29, 0.717) is 36.0 Å². The Morgan fingerprint density at radius 1 is 0.931 bits per heavy atom. The maximum atomic E-state index is 12.1. The Balaban J connectivity index is 1.75. The van der Waals surface area contributed by atoms with Crippen molar-refractivity contribution in [2.45, 2.75) is 13.8 Å². The van der Waals surface area contributed by atoms with Crippen LogP contribution in [0, 0.1) is 5.92 Å². The van der Waals surface area contributed by atoms with Crippen LogP contribution in [0.15, 0.2) is 24.3 Å². The monoisotopic (exact) mass is 400 g/mol. The molecule has 1 saturated heterocycles. The van der Waals surface area contributed by atoms with Crippen molar-refractivity contribution in [2.75, 3.05) is 52.4 Å². The lowest BCUT2D eigenvalue weighted by atomic mass is 10.1. The van der Waals surface area contributed by atoms with Gasteiger partial charge < -0.3 is 24.0 Å². The maximum Gasteiger partial charge on any atom is 0.225 e. The highest BCUT2D eigenvalue weighted by molar-refractivity contribution is 5.78. The van der Waals surface area contributed by atoms with E-state index in [1.165, 1.54) is 0 Å². The Bertz CT molecular complexity index is 821. The zero-order valence-electron chi connectivity index (χ0n) is 17.6. The number of benzene rings is 1. The Morgan fingerprint density at radius 2 is 1.55 bits per heavy atom. The summed E-state index contributed by atoms with van der Waals surface area (Å²) in [5, 5.41) is 8.79. The topological polar surface area (TPSA) is 77.0 Å². The van der Waals surface area contributed by atoms with Crippen molar-refractivity contribution in [3.05, 3.63) is 24.3 Å². The molecule has 3 rings (SSSR count). The third-order valence-corrected chi connectivity index (χ3v) is 5.02. The maximum absolute atomic E-state index is 12.1. The Hall–Kier alpha value is -3.03. The van der Waals surface area contributed by atoms with E-state index >= 15 is 0 Å². The second-order valence-corrected chi connectivity index (χ2v) is 7.16. The SMILES string of the molecule is COc1cc(-c2ccc(N3CCN(C(=O)C(C)C)CC3)nn2)cc(OC)c1OC. The summed E-state index contributed by atoms with van der Waals surface area (Å²) in [5.74, 6) is 2.71. The number of carbonyl (C=O) groups is 1. The molecule has 1 aliphatic heterocycles. The van der Waals surface area contributed by atoms with Gasteiger partial charge in [0.15, 0.2) is 17.3 Å². The van der Waals surface area contributed by atoms with E-state index in [2.05, 4.69) is 15.1 Å². The molecule has 156 valence electrons. The molecule has 1 fully saturated rings. The number of rotatable bonds is 6. The predicted octanol–water partition coefficient (Wildman–Crippen LogP) is 2.47. The second-order valence-electron chi connectivity index (χ2n) is 7.16. The smallest absolute Gasteiger partial charge is 0.225 e. The molecule has 0 bridgehead atoms. The molecule has 1 aromatic carbocycles. The van der Waals surface area contributed by atoms with Crippen molar-refractivity contribution in [3.63, 3.8) is 0 Å². The minimum Gasteiger partial charge on any atom is -0.493 e. The minimum atomic E-state index is 0.0269. The largest absolute Gasteiger partial charge is 0.493 e. The van der Waals surface area contributed by atoms with Gasteiger partial charge in [0.05, 0.1) is 27.0 Å². The summed E-state index contributed by atoms with van der Waals surface area (Å²) in [6, 6.07) is 7.57. The number of carbonyl (C=O) groups excluding carboxylic acids is 1. The average molecular weight is 400 g/mol. The Labute approximate surface area is 171 Å². The molecule has 0 radical (unpaired) electrons. The molecule has 0 unspecified atom stereocenters. The van der Waals surface area contributed by atoms with Crippen LogP contribution >= 0.6 is 0 Å². The van der Waals surface area contributed by atoms with Crippen molar-refractivity contribution < 1.29 is 19.0 Å². The van der Waals surface area contributed by atoms with Crippen molar-refractivity contribution in [2.24, 2.45) is 5.92 Å². The second kappa shape index (κ2) is 8.98. The van der Waals surface area contributed by atoms with E-state index in [1.54, 1.807) is 21.3 Å². The molecule has 0 N–H and O–H groups in total. The van der Waals surface area contributed by atoms with E-state index in [0.717, 1.165) is 24.5 Å². The number of methoxy groups -OCH3 is 3. The number of anilines is 1. The normalized spacial score (nSPS) is 14.1. The first-order valence-electron chi connectivity index (χ1n) is 9.66. The van der Waals surface area contributed by atoms with Crippen LogP contribution < -0.4 is 19.1 Å². The van der Waals surface area contributed by atoms with Gasteiger partial charge >= 0.3 is 0 Å². The predicted molar refractivity (Wildman–Crippen MR) is 111 cm³/mol. The van der Waals surface area contributed by atoms with Gasteiger partial charge in [-0.25, -0.2) is 0 Å². The van der Waals surface area contributed by atoms with Gasteiger partial charge in [-0.3, -0.25) is 4.79 Å². The first-order chi connectivity index (χ1) is 14.0. The third kappa shape index (κ3) is 4.36. The van der Waals surface area contributed by atoms with Crippen LogP contribution in [-0.4, -0.2) is 68.5 Å². The van der Waals surface area contributed by atoms with Crippen molar-refractivity contribution >= 4 is 11.7 Å². The zero-order valence-corrected chi connectivity index (χ0v) is 17.6. The lowest BCUT2D eigenvalue weighted by molar-refractivity contribution is -0.134. The van der Waals surface area contributed by atoms with Crippen molar-refractivity contribution in [1.29, 1.82) is 0 Å². The average Bonchev–Trinajstić information content (AvgIpc) is 2.77. The number of nitrogens with zero attached hydrogens (tertiary/aromatic N) is 4. The number of aromatic nitrogens is 2. The van der Waals surface area contributed by atoms with Gasteiger partial charge in [0.1, 0.15) is 0 Å². The summed E-state index contributed by atoms with van der Waals surface area (Å²) >= 11 is 0. The summed E-state index contributed by atoms with van der Waals surface area (Å²) in [7, 11) is 4.74. The standard InChI is InChI=1S/C21H28N4O4/c1-14(2)21(26)25-10-8-24(9-11-25)19-7-6-16(22-23-19)15-12-17(27-3)20(29-5)18(13-15)28-4/h6-7,12-14H,8-11H2,1-5H3. The Morgan fingerprint density at radius 3 is 2.00 bits per heavy atom. The molecule has 8 nitrogen and oxygen atoms in total. The summed E-state index contributed by atoms with van der Waals surface area (Å²) in [6.45, 7) is 6.76. The van der Waals surface area contributed by atoms with Crippen LogP contribution in [-0.2, 0) is 4.79 Å². The highest BCUT2D eigenvalue weighted by Crippen LogP contribution is 2.40. The third-order valence-electron chi connectivity index (χ3n) is 5.02. The molecular formula is C21H28N4O4. The summed E-state index contributed by atoms with van der Waals surface area (Å²) < 4.78 is 16.2. The summed E-state index contributed by atoms with van der Waals surface area (Å²) in [5.41, 5.74) is 1.53. The number of hydrogen-bond acceptors (Lipinski definition) is 7. The molecule has 1 amide bonds. The van der Waals surface area contributed by atoms with Crippen LogP contribution in [0.1, 0.15) is 13.8 Å². The number of ether oxygens (including phenoxy) is 3. The number of amides is 1. The molecule has 1 aromatic heterocycles. The minimum absolute atomic E-state index is 0.0269. The van der Waals surface area contributed by atoms with Gasteiger partial charge in [-0.1, -0.05) is 13.8 Å². The molecule has 29 heavy (non-hydrogen) atoms. The molecule has 0 atom stereocenters. The van der Waals surface area contributed by atoms with Gasteiger partial charge in [0, 0.05) is 37.7 Å². The fourth-order valence-electron chi connectivity index (χ4n) is 3.40. The van der Waals surface area contributed by atoms with Crippen LogP contribution in [0.4, 0.5) is 5.82 Å². The molecule has 0 saturated carbocycles. The van der Waals surface area contributed by atoms with E-state index < -0.39 is 0 Å². The first-order valence-corrected chi connectivity index (χ1v) is 9.66. The molecule has 2 aromatic rings. The van der Waals surface area contributed by atoms with Gasteiger partial charge in [-0.2, -0.15) is 0 Å². The molecular weight excluding hydrogens is 372 g/mol. The summed E-state index contributed by atoms with van der Waals surface area (Å²) in [6.07, 6.45) is 0. The zero-order chi connectivity index (χ0) is 21.0. The van der Waals surface area contributed by atoms with Gasteiger partial charge in [0.25, 0.3) is 0 Å². The van der Waals surface area contributed by atoms with Crippen LogP contribution in [0.3, 0.4) is 0 Å². The van der Waals surface area contributed by atoms with Crippen molar-refractivity contribution in [3.8, 4) is 28.5 Å². The Kier molecular flexibility index (Phi) is 6.41. The van der Waals surface area contributed by atoms with Crippen LogP contribution in [0.2, 0.25) is 0 Å². The molecule has 8 heteroatoms. The van der Waals surface area contributed by atoms with Crippen LogP contribution in [0.5, 0.6) is 17.2 Å². The van der Waals surface area contributed by atoms with Crippen molar-refractivity contribution in [1.82, 2.24) is 15.1 Å². The number of piperazine rings is 1. The fraction of sp³-hybridized carbons (Fsp3) is 0.476. The summed E-state index contributed by atoms with van der Waals surface area (Å²) in [4.78, 5) is 16.2. The van der Waals surface area contributed by atoms with E-state index in [-0.39, 0.29) is 11.8 Å². The van der Waals surface area contributed by atoms with E-state index in [1.807, 2.05) is 43.0 Å². The van der Waals surface area contributed by atoms with Gasteiger partial charge in [0.2, 0.25) is 11.7 Å². The molecule has 1 aliphatic rings. The lowest BCUT2D eigenvalue weighted by Gasteiger charge is -2.36. The quantitative estimate of drug-likeness (QED) is 0.737. The molecule has 0 spiro atoms. The lowest BCUT2D eigenvalue weighted by Crippen LogP contribution is -2.50. The first kappa shape index (κ1) is 20.7. The highest BCUT2D eigenvalue weighted by atomic mass is 16.5. The van der Waals surface area contributed by atoms with E-state index in [9.17, 15) is 4.79 Å². The molecule has 2 heterocycles. The highest BCUT2D eigenvalue weighted by Gasteiger charge is 2.23. The fourth-order valence-corrected chi connectivity index (χ4v) is 3.40. The number of hydrogen-bond donors (Lipinski definition) is 0. The van der Waals surface area contributed by atoms with Gasteiger partial charge in [-0.15, -0.1) is 10.2 Å². The molecule has 0 aliphatic carbocycles. The van der Waals surface area contributed by atoms with Gasteiger partial charge in [-0.05, 0) is 24.3 Å².